The quantitative estimate of drug-likeness (QED) is 0.618. The zero-order valence-corrected chi connectivity index (χ0v) is 12.2. The summed E-state index contributed by atoms with van der Waals surface area (Å²) in [4.78, 5) is 10.4. The zero-order chi connectivity index (χ0) is 15.4. The van der Waals surface area contributed by atoms with E-state index in [9.17, 15) is 10.1 Å². The summed E-state index contributed by atoms with van der Waals surface area (Å²) >= 11 is 0. The van der Waals surface area contributed by atoms with Crippen LogP contribution in [-0.2, 0) is 4.74 Å². The zero-order valence-electron chi connectivity index (χ0n) is 12.2. The maximum absolute atomic E-state index is 11.0. The molecule has 1 aromatic heterocycles. The van der Waals surface area contributed by atoms with Gasteiger partial charge in [0.15, 0.2) is 5.52 Å². The maximum atomic E-state index is 11.0. The van der Waals surface area contributed by atoms with Gasteiger partial charge in [0.05, 0.1) is 23.3 Å². The molecule has 0 saturated heterocycles. The Morgan fingerprint density at radius 2 is 2.10 bits per heavy atom. The van der Waals surface area contributed by atoms with Crippen molar-refractivity contribution in [2.45, 2.75) is 26.8 Å². The molecule has 2 rings (SSSR count). The first kappa shape index (κ1) is 15.2. The maximum Gasteiger partial charge on any atom is 0.300 e. The Balaban J connectivity index is 2.31. The number of ether oxygens (including phenoxy) is 1. The number of rotatable bonds is 7. The largest absolute Gasteiger partial charge is 0.380 e. The minimum absolute atomic E-state index is 0.0614. The number of fused-ring (bicyclic) bond motifs is 1. The van der Waals surface area contributed by atoms with Crippen LogP contribution in [0, 0.1) is 16.0 Å². The topological polar surface area (TPSA) is 103 Å². The molecule has 0 amide bonds. The molecule has 1 unspecified atom stereocenters. The molecule has 2 aromatic rings. The molecule has 0 aliphatic heterocycles. The van der Waals surface area contributed by atoms with Crippen molar-refractivity contribution in [2.75, 3.05) is 18.5 Å². The van der Waals surface area contributed by atoms with E-state index in [-0.39, 0.29) is 17.2 Å². The highest BCUT2D eigenvalue weighted by molar-refractivity contribution is 5.93. The van der Waals surface area contributed by atoms with Crippen LogP contribution in [0.3, 0.4) is 0 Å². The molecule has 1 aromatic carbocycles. The minimum Gasteiger partial charge on any atom is -0.380 e. The van der Waals surface area contributed by atoms with Crippen LogP contribution in [0.4, 0.5) is 11.4 Å². The smallest absolute Gasteiger partial charge is 0.300 e. The number of benzene rings is 1. The fraction of sp³-hybridized carbons (Fsp3) is 0.538. The first-order chi connectivity index (χ1) is 10.0. The average Bonchev–Trinajstić information content (AvgIpc) is 2.92. The van der Waals surface area contributed by atoms with Crippen LogP contribution in [-0.4, -0.2) is 34.5 Å². The van der Waals surface area contributed by atoms with Gasteiger partial charge in [0.25, 0.3) is 0 Å². The molecule has 21 heavy (non-hydrogen) atoms. The Morgan fingerprint density at radius 1 is 1.38 bits per heavy atom. The summed E-state index contributed by atoms with van der Waals surface area (Å²) < 4.78 is 10.1. The first-order valence-electron chi connectivity index (χ1n) is 6.78. The number of hydrogen-bond donors (Lipinski definition) is 1. The van der Waals surface area contributed by atoms with E-state index in [2.05, 4.69) is 34.1 Å². The summed E-state index contributed by atoms with van der Waals surface area (Å²) in [6.07, 6.45) is 0. The predicted octanol–water partition coefficient (Wildman–Crippen LogP) is 2.60. The van der Waals surface area contributed by atoms with E-state index in [4.69, 9.17) is 4.74 Å². The van der Waals surface area contributed by atoms with Gasteiger partial charge in [0.1, 0.15) is 0 Å². The van der Waals surface area contributed by atoms with E-state index >= 15 is 0 Å². The molecule has 1 N–H and O–H groups in total. The van der Waals surface area contributed by atoms with Crippen molar-refractivity contribution in [3.8, 4) is 0 Å². The van der Waals surface area contributed by atoms with Gasteiger partial charge in [-0.1, -0.05) is 13.8 Å². The monoisotopic (exact) mass is 294 g/mol. The fourth-order valence-electron chi connectivity index (χ4n) is 1.96. The number of aromatic nitrogens is 2. The minimum atomic E-state index is -0.504. The lowest BCUT2D eigenvalue weighted by Crippen LogP contribution is -2.31. The molecule has 0 fully saturated rings. The molecular weight excluding hydrogens is 276 g/mol. The Kier molecular flexibility index (Phi) is 4.69. The lowest BCUT2D eigenvalue weighted by Gasteiger charge is -2.23. The summed E-state index contributed by atoms with van der Waals surface area (Å²) in [5.74, 6) is 0.321. The van der Waals surface area contributed by atoms with Crippen molar-refractivity contribution in [3.63, 3.8) is 0 Å². The van der Waals surface area contributed by atoms with Gasteiger partial charge in [0.2, 0.25) is 5.52 Å². The predicted molar refractivity (Wildman–Crippen MR) is 77.2 cm³/mol. The van der Waals surface area contributed by atoms with Crippen LogP contribution in [0.15, 0.2) is 16.8 Å². The van der Waals surface area contributed by atoms with Gasteiger partial charge < -0.3 is 10.1 Å². The van der Waals surface area contributed by atoms with Gasteiger partial charge in [-0.25, -0.2) is 4.63 Å². The lowest BCUT2D eigenvalue weighted by atomic mass is 10.0. The number of hydrogen-bond acceptors (Lipinski definition) is 7. The molecule has 1 heterocycles. The van der Waals surface area contributed by atoms with Gasteiger partial charge in [0, 0.05) is 12.7 Å². The normalized spacial score (nSPS) is 12.8. The van der Waals surface area contributed by atoms with E-state index in [0.29, 0.717) is 30.3 Å². The standard InChI is InChI=1S/C13H18N4O4/c1-4-20-7-10(8(2)3)14-9-5-6-11(17(18)19)13-12(9)15-21-16-13/h5-6,8,10,14H,4,7H2,1-3H3. The number of nitro groups is 1. The molecule has 0 aliphatic rings. The summed E-state index contributed by atoms with van der Waals surface area (Å²) in [5.41, 5.74) is 1.02. The third-order valence-corrected chi connectivity index (χ3v) is 3.24. The highest BCUT2D eigenvalue weighted by Crippen LogP contribution is 2.29. The average molecular weight is 294 g/mol. The highest BCUT2D eigenvalue weighted by Gasteiger charge is 2.22. The van der Waals surface area contributed by atoms with Crippen molar-refractivity contribution in [3.05, 3.63) is 22.2 Å². The van der Waals surface area contributed by atoms with E-state index in [0.717, 1.165) is 0 Å². The molecule has 0 saturated carbocycles. The lowest BCUT2D eigenvalue weighted by molar-refractivity contribution is -0.383. The molecule has 0 spiro atoms. The molecule has 0 bridgehead atoms. The van der Waals surface area contributed by atoms with Crippen LogP contribution in [0.2, 0.25) is 0 Å². The van der Waals surface area contributed by atoms with Crippen LogP contribution in [0.1, 0.15) is 20.8 Å². The van der Waals surface area contributed by atoms with Crippen LogP contribution in [0.5, 0.6) is 0 Å². The number of anilines is 1. The summed E-state index contributed by atoms with van der Waals surface area (Å²) in [7, 11) is 0. The van der Waals surface area contributed by atoms with Crippen molar-refractivity contribution < 1.29 is 14.3 Å². The Morgan fingerprint density at radius 3 is 2.71 bits per heavy atom. The second-order valence-corrected chi connectivity index (χ2v) is 5.01. The molecule has 114 valence electrons. The van der Waals surface area contributed by atoms with Crippen molar-refractivity contribution >= 4 is 22.4 Å². The van der Waals surface area contributed by atoms with E-state index in [1.54, 1.807) is 6.07 Å². The van der Waals surface area contributed by atoms with Gasteiger partial charge in [-0.2, -0.15) is 0 Å². The third-order valence-electron chi connectivity index (χ3n) is 3.24. The molecule has 1 atom stereocenters. The van der Waals surface area contributed by atoms with E-state index in [1.807, 2.05) is 6.92 Å². The van der Waals surface area contributed by atoms with E-state index in [1.165, 1.54) is 6.07 Å². The van der Waals surface area contributed by atoms with Gasteiger partial charge in [-0.3, -0.25) is 10.1 Å². The second kappa shape index (κ2) is 6.49. The highest BCUT2D eigenvalue weighted by atomic mass is 16.6. The van der Waals surface area contributed by atoms with Crippen LogP contribution in [0.25, 0.3) is 11.0 Å². The molecular formula is C13H18N4O4. The van der Waals surface area contributed by atoms with Crippen LogP contribution < -0.4 is 5.32 Å². The third kappa shape index (κ3) is 3.27. The van der Waals surface area contributed by atoms with Crippen molar-refractivity contribution in [1.82, 2.24) is 10.3 Å². The SMILES string of the molecule is CCOCC(Nc1ccc([N+](=O)[O-])c2nonc12)C(C)C. The Hall–Kier alpha value is -2.22. The van der Waals surface area contributed by atoms with Gasteiger partial charge >= 0.3 is 5.69 Å². The number of nitrogens with zero attached hydrogens (tertiary/aromatic N) is 3. The molecule has 0 radical (unpaired) electrons. The molecule has 8 nitrogen and oxygen atoms in total. The fourth-order valence-corrected chi connectivity index (χ4v) is 1.96. The number of non-ortho nitro benzene ring substituents is 1. The van der Waals surface area contributed by atoms with E-state index < -0.39 is 4.92 Å². The summed E-state index contributed by atoms with van der Waals surface area (Å²) in [5, 5.41) is 21.6. The number of nitro benzene ring substituents is 1. The molecule has 8 heteroatoms. The van der Waals surface area contributed by atoms with Crippen LogP contribution >= 0.6 is 0 Å². The van der Waals surface area contributed by atoms with Crippen molar-refractivity contribution in [1.29, 1.82) is 0 Å². The Labute approximate surface area is 121 Å². The van der Waals surface area contributed by atoms with Crippen molar-refractivity contribution in [2.24, 2.45) is 5.92 Å². The first-order valence-corrected chi connectivity index (χ1v) is 6.78. The summed E-state index contributed by atoms with van der Waals surface area (Å²) in [6, 6.07) is 3.07. The summed E-state index contributed by atoms with van der Waals surface area (Å²) in [6.45, 7) is 7.24. The second-order valence-electron chi connectivity index (χ2n) is 5.01. The van der Waals surface area contributed by atoms with Gasteiger partial charge in [-0.05, 0) is 29.2 Å². The Bertz CT molecular complexity index is 626. The molecule has 0 aliphatic carbocycles. The number of nitrogens with one attached hydrogen (secondary N) is 1. The van der Waals surface area contributed by atoms with Gasteiger partial charge in [-0.15, -0.1) is 0 Å².